The molecule has 0 spiro atoms. The van der Waals surface area contributed by atoms with Crippen LogP contribution in [0.15, 0.2) is 39.5 Å². The third-order valence-corrected chi connectivity index (χ3v) is 9.63. The Hall–Kier alpha value is -2.35. The molecular formula is C27H34O7. The fraction of sp³-hybridized carbons (Fsp3) is 0.593. The summed E-state index contributed by atoms with van der Waals surface area (Å²) in [5.74, 6) is 1.47. The number of ether oxygens (including phenoxy) is 2. The third kappa shape index (κ3) is 2.72. The zero-order valence-corrected chi connectivity index (χ0v) is 20.5. The summed E-state index contributed by atoms with van der Waals surface area (Å²) in [4.78, 5) is 13.1. The minimum absolute atomic E-state index is 0.00897. The van der Waals surface area contributed by atoms with Crippen LogP contribution in [-0.4, -0.2) is 45.3 Å². The number of hydrogen-bond acceptors (Lipinski definition) is 7. The highest BCUT2D eigenvalue weighted by atomic mass is 16.5. The van der Waals surface area contributed by atoms with Crippen LogP contribution in [0.3, 0.4) is 0 Å². The highest BCUT2D eigenvalue weighted by molar-refractivity contribution is 5.61. The summed E-state index contributed by atoms with van der Waals surface area (Å²) in [5.41, 5.74) is -5.32. The summed E-state index contributed by atoms with van der Waals surface area (Å²) < 4.78 is 17.3. The smallest absolute Gasteiger partial charge is 0.343 e. The molecule has 5 atom stereocenters. The van der Waals surface area contributed by atoms with Crippen molar-refractivity contribution in [1.29, 1.82) is 0 Å². The number of hydrogen-bond donors (Lipinski definition) is 3. The first-order valence-electron chi connectivity index (χ1n) is 12.0. The second kappa shape index (κ2) is 7.09. The topological polar surface area (TPSA) is 109 Å². The number of methoxy groups -OCH3 is 1. The number of aliphatic hydroxyl groups is 3. The lowest BCUT2D eigenvalue weighted by molar-refractivity contribution is -0.340. The molecule has 1 aliphatic heterocycles. The zero-order valence-electron chi connectivity index (χ0n) is 20.5. The number of benzene rings is 1. The maximum Gasteiger partial charge on any atom is 0.343 e. The largest absolute Gasteiger partial charge is 0.497 e. The Morgan fingerprint density at radius 1 is 1.00 bits per heavy atom. The number of rotatable bonds is 2. The van der Waals surface area contributed by atoms with E-state index >= 15 is 0 Å². The van der Waals surface area contributed by atoms with Gasteiger partial charge < -0.3 is 29.2 Å². The molecule has 2 saturated carbocycles. The van der Waals surface area contributed by atoms with Crippen molar-refractivity contribution in [3.05, 3.63) is 46.3 Å². The Labute approximate surface area is 199 Å². The lowest BCUT2D eigenvalue weighted by atomic mass is 9.40. The van der Waals surface area contributed by atoms with Crippen molar-refractivity contribution in [2.45, 2.75) is 82.7 Å². The molecule has 0 amide bonds. The van der Waals surface area contributed by atoms with E-state index in [0.29, 0.717) is 48.5 Å². The average Bonchev–Trinajstić information content (AvgIpc) is 2.80. The predicted octanol–water partition coefficient (Wildman–Crippen LogP) is 3.45. The third-order valence-electron chi connectivity index (χ3n) is 9.63. The zero-order chi connectivity index (χ0) is 24.7. The molecule has 1 aromatic heterocycles. The van der Waals surface area contributed by atoms with Gasteiger partial charge in [-0.2, -0.15) is 0 Å². The van der Waals surface area contributed by atoms with E-state index in [9.17, 15) is 20.1 Å². The highest BCUT2D eigenvalue weighted by Gasteiger charge is 2.76. The lowest BCUT2D eigenvalue weighted by Gasteiger charge is -2.71. The minimum Gasteiger partial charge on any atom is -0.497 e. The lowest BCUT2D eigenvalue weighted by Crippen LogP contribution is -2.81. The molecule has 7 nitrogen and oxygen atoms in total. The van der Waals surface area contributed by atoms with E-state index in [2.05, 4.69) is 0 Å². The van der Waals surface area contributed by atoms with Gasteiger partial charge in [-0.15, -0.1) is 0 Å². The molecule has 5 rings (SSSR count). The van der Waals surface area contributed by atoms with E-state index in [-0.39, 0.29) is 12.0 Å². The number of fused-ring (bicyclic) bond motifs is 4. The molecule has 3 aliphatic rings. The fourth-order valence-corrected chi connectivity index (χ4v) is 7.00. The normalized spacial score (nSPS) is 38.2. The Morgan fingerprint density at radius 3 is 2.32 bits per heavy atom. The standard InChI is InChI=1S/C27H34O7/c1-23(2)21(28)10-11-24(3)26(23,30)13-12-25(4)27(24,31)15-18-20(34-25)14-19(33-22(18)29)16-6-8-17(32-5)9-7-16/h6-9,14,21,28,30-31H,10-13,15H2,1-5H3/t21-,24+,25-,26-,27+/m1/s1. The van der Waals surface area contributed by atoms with Gasteiger partial charge in [0.15, 0.2) is 0 Å². The molecular weight excluding hydrogens is 436 g/mol. The van der Waals surface area contributed by atoms with Crippen molar-refractivity contribution in [3.8, 4) is 22.8 Å². The average molecular weight is 471 g/mol. The fourth-order valence-electron chi connectivity index (χ4n) is 7.00. The highest BCUT2D eigenvalue weighted by Crippen LogP contribution is 2.67. The van der Waals surface area contributed by atoms with E-state index < -0.39 is 39.4 Å². The molecule has 0 saturated heterocycles. The van der Waals surface area contributed by atoms with Crippen molar-refractivity contribution < 1.29 is 29.2 Å². The van der Waals surface area contributed by atoms with E-state index in [1.807, 2.05) is 39.8 Å². The van der Waals surface area contributed by atoms with Crippen LogP contribution < -0.4 is 15.1 Å². The van der Waals surface area contributed by atoms with Crippen LogP contribution in [-0.2, 0) is 6.42 Å². The van der Waals surface area contributed by atoms with E-state index in [1.54, 1.807) is 25.3 Å². The molecule has 3 N–H and O–H groups in total. The van der Waals surface area contributed by atoms with Gasteiger partial charge in [0.1, 0.15) is 28.5 Å². The molecule has 34 heavy (non-hydrogen) atoms. The molecule has 7 heteroatoms. The van der Waals surface area contributed by atoms with Gasteiger partial charge in [0, 0.05) is 28.9 Å². The molecule has 1 aromatic carbocycles. The molecule has 2 heterocycles. The first kappa shape index (κ1) is 23.4. The van der Waals surface area contributed by atoms with Crippen LogP contribution >= 0.6 is 0 Å². The maximum atomic E-state index is 13.1. The summed E-state index contributed by atoms with van der Waals surface area (Å²) in [6, 6.07) is 8.90. The SMILES string of the molecule is COc1ccc(-c2cc3c(c(=O)o2)C[C@]2(O)[C@@]4(C)CC[C@@H](O)C(C)(C)[C@]4(O)CC[C@@]2(C)O3)cc1. The van der Waals surface area contributed by atoms with Crippen LogP contribution in [0.5, 0.6) is 11.5 Å². The first-order chi connectivity index (χ1) is 15.8. The summed E-state index contributed by atoms with van der Waals surface area (Å²) in [6.07, 6.45) is 0.927. The minimum atomic E-state index is -1.53. The van der Waals surface area contributed by atoms with Crippen molar-refractivity contribution in [2.24, 2.45) is 10.8 Å². The van der Waals surface area contributed by atoms with Crippen molar-refractivity contribution in [2.75, 3.05) is 7.11 Å². The van der Waals surface area contributed by atoms with Gasteiger partial charge in [-0.05, 0) is 56.9 Å². The van der Waals surface area contributed by atoms with Gasteiger partial charge in [-0.1, -0.05) is 20.8 Å². The van der Waals surface area contributed by atoms with Gasteiger partial charge >= 0.3 is 5.63 Å². The Balaban J connectivity index is 1.61. The van der Waals surface area contributed by atoms with Gasteiger partial charge in [0.05, 0.1) is 24.4 Å². The summed E-state index contributed by atoms with van der Waals surface area (Å²) >= 11 is 0. The predicted molar refractivity (Wildman–Crippen MR) is 126 cm³/mol. The maximum absolute atomic E-state index is 13.1. The van der Waals surface area contributed by atoms with E-state index in [4.69, 9.17) is 13.9 Å². The molecule has 0 radical (unpaired) electrons. The van der Waals surface area contributed by atoms with Gasteiger partial charge in [0.2, 0.25) is 0 Å². The summed E-state index contributed by atoms with van der Waals surface area (Å²) in [7, 11) is 1.59. The monoisotopic (exact) mass is 470 g/mol. The molecule has 2 fully saturated rings. The summed E-state index contributed by atoms with van der Waals surface area (Å²) in [6.45, 7) is 7.45. The van der Waals surface area contributed by atoms with Crippen LogP contribution in [0.2, 0.25) is 0 Å². The Morgan fingerprint density at radius 2 is 1.68 bits per heavy atom. The molecule has 0 unspecified atom stereocenters. The molecule has 0 bridgehead atoms. The van der Waals surface area contributed by atoms with E-state index in [0.717, 1.165) is 0 Å². The first-order valence-corrected chi connectivity index (χ1v) is 12.0. The Kier molecular flexibility index (Phi) is 4.88. The van der Waals surface area contributed by atoms with Crippen molar-refractivity contribution in [1.82, 2.24) is 0 Å². The Bertz CT molecular complexity index is 1180. The second-order valence-corrected chi connectivity index (χ2v) is 11.3. The number of aliphatic hydroxyl groups excluding tert-OH is 1. The summed E-state index contributed by atoms with van der Waals surface area (Å²) in [5, 5.41) is 35.1. The van der Waals surface area contributed by atoms with Crippen molar-refractivity contribution in [3.63, 3.8) is 0 Å². The van der Waals surface area contributed by atoms with Gasteiger partial charge in [-0.25, -0.2) is 4.79 Å². The second-order valence-electron chi connectivity index (χ2n) is 11.3. The van der Waals surface area contributed by atoms with Crippen LogP contribution in [0.4, 0.5) is 0 Å². The van der Waals surface area contributed by atoms with Gasteiger partial charge in [0.25, 0.3) is 0 Å². The van der Waals surface area contributed by atoms with E-state index in [1.165, 1.54) is 0 Å². The van der Waals surface area contributed by atoms with Gasteiger partial charge in [-0.3, -0.25) is 0 Å². The molecule has 2 aromatic rings. The molecule has 184 valence electrons. The quantitative estimate of drug-likeness (QED) is 0.617. The van der Waals surface area contributed by atoms with Crippen LogP contribution in [0.25, 0.3) is 11.3 Å². The van der Waals surface area contributed by atoms with Crippen molar-refractivity contribution >= 4 is 0 Å². The molecule has 2 aliphatic carbocycles. The van der Waals surface area contributed by atoms with Crippen LogP contribution in [0.1, 0.15) is 58.9 Å². The van der Waals surface area contributed by atoms with Crippen LogP contribution in [0, 0.1) is 10.8 Å².